The molecule has 2 aromatic carbocycles. The number of anilines is 2. The Morgan fingerprint density at radius 1 is 1.04 bits per heavy atom. The fourth-order valence-corrected chi connectivity index (χ4v) is 2.08. The van der Waals surface area contributed by atoms with Crippen molar-refractivity contribution >= 4 is 29.0 Å². The summed E-state index contributed by atoms with van der Waals surface area (Å²) in [6.45, 7) is 0. The van der Waals surface area contributed by atoms with Crippen molar-refractivity contribution in [3.63, 3.8) is 0 Å². The molecule has 11 heteroatoms. The van der Waals surface area contributed by atoms with E-state index in [0.29, 0.717) is 12.1 Å². The highest BCUT2D eigenvalue weighted by Gasteiger charge is 2.39. The third-order valence-electron chi connectivity index (χ3n) is 3.37. The molecule has 0 aliphatic carbocycles. The average Bonchev–Trinajstić information content (AvgIpc) is 2.56. The molecule has 0 fully saturated rings. The summed E-state index contributed by atoms with van der Waals surface area (Å²) < 4.78 is 65.2. The Hall–Kier alpha value is -3.50. The lowest BCUT2D eigenvalue weighted by Crippen LogP contribution is -2.30. The van der Waals surface area contributed by atoms with Crippen molar-refractivity contribution in [3.8, 4) is 0 Å². The number of halogens is 5. The fourth-order valence-electron chi connectivity index (χ4n) is 2.08. The Labute approximate surface area is 147 Å². The molecular weight excluding hydrogens is 379 g/mol. The Balaban J connectivity index is 2.51. The molecule has 0 radical (unpaired) electrons. The van der Waals surface area contributed by atoms with E-state index in [1.807, 2.05) is 0 Å². The number of alkyl halides is 3. The van der Waals surface area contributed by atoms with Crippen molar-refractivity contribution in [1.82, 2.24) is 0 Å². The van der Waals surface area contributed by atoms with E-state index in [-0.39, 0.29) is 5.69 Å². The second kappa shape index (κ2) is 7.02. The first-order chi connectivity index (χ1) is 12.4. The number of benzene rings is 2. The van der Waals surface area contributed by atoms with Crippen LogP contribution < -0.4 is 11.1 Å². The van der Waals surface area contributed by atoms with Crippen LogP contribution in [0.25, 0.3) is 0 Å². The lowest BCUT2D eigenvalue weighted by Gasteiger charge is -2.12. The predicted octanol–water partition coefficient (Wildman–Crippen LogP) is 2.98. The van der Waals surface area contributed by atoms with Gasteiger partial charge in [0.25, 0.3) is 0 Å². The van der Waals surface area contributed by atoms with Crippen LogP contribution in [0.1, 0.15) is 26.3 Å². The number of nitrogens with two attached hydrogens (primary N) is 1. The van der Waals surface area contributed by atoms with Crippen LogP contribution in [0, 0.1) is 11.6 Å². The fraction of sp³-hybridized carbons (Fsp3) is 0.0625. The van der Waals surface area contributed by atoms with Gasteiger partial charge in [-0.2, -0.15) is 13.2 Å². The summed E-state index contributed by atoms with van der Waals surface area (Å²) in [5.41, 5.74) is 1.87. The number of nitrogens with one attached hydrogen (secondary N) is 1. The molecule has 2 rings (SSSR count). The predicted molar refractivity (Wildman–Crippen MR) is 82.3 cm³/mol. The van der Waals surface area contributed by atoms with Gasteiger partial charge in [0.2, 0.25) is 0 Å². The van der Waals surface area contributed by atoms with E-state index in [1.165, 1.54) is 5.32 Å². The molecule has 0 aliphatic heterocycles. The number of amides is 1. The highest BCUT2D eigenvalue weighted by Crippen LogP contribution is 2.27. The first-order valence-corrected chi connectivity index (χ1v) is 6.97. The smallest absolute Gasteiger partial charge is 0.471 e. The number of carboxylic acid groups (broad SMARTS) is 1. The van der Waals surface area contributed by atoms with Crippen LogP contribution in [-0.4, -0.2) is 28.9 Å². The van der Waals surface area contributed by atoms with Crippen LogP contribution in [0.4, 0.5) is 33.3 Å². The molecule has 0 bridgehead atoms. The lowest BCUT2D eigenvalue weighted by atomic mass is 9.99. The van der Waals surface area contributed by atoms with E-state index < -0.39 is 57.8 Å². The summed E-state index contributed by atoms with van der Waals surface area (Å²) in [6, 6.07) is 3.76. The zero-order valence-electron chi connectivity index (χ0n) is 13.0. The molecule has 0 heterocycles. The zero-order valence-corrected chi connectivity index (χ0v) is 13.0. The second-order valence-electron chi connectivity index (χ2n) is 5.17. The van der Waals surface area contributed by atoms with E-state index in [9.17, 15) is 36.3 Å². The van der Waals surface area contributed by atoms with Gasteiger partial charge in [0, 0.05) is 11.3 Å². The van der Waals surface area contributed by atoms with Crippen LogP contribution in [0.2, 0.25) is 0 Å². The van der Waals surface area contributed by atoms with Gasteiger partial charge >= 0.3 is 18.1 Å². The Bertz CT molecular complexity index is 957. The summed E-state index contributed by atoms with van der Waals surface area (Å²) in [7, 11) is 0. The van der Waals surface area contributed by atoms with Gasteiger partial charge < -0.3 is 16.2 Å². The molecule has 4 N–H and O–H groups in total. The molecular formula is C16H9F5N2O4. The molecule has 0 aliphatic rings. The number of hydrogen-bond acceptors (Lipinski definition) is 4. The maximum Gasteiger partial charge on any atom is 0.471 e. The topological polar surface area (TPSA) is 109 Å². The van der Waals surface area contributed by atoms with E-state index in [1.54, 1.807) is 0 Å². The number of carbonyl (C=O) groups is 3. The van der Waals surface area contributed by atoms with Crippen molar-refractivity contribution in [2.75, 3.05) is 11.1 Å². The highest BCUT2D eigenvalue weighted by atomic mass is 19.4. The largest absolute Gasteiger partial charge is 0.478 e. The van der Waals surface area contributed by atoms with Crippen LogP contribution in [-0.2, 0) is 4.79 Å². The van der Waals surface area contributed by atoms with Crippen molar-refractivity contribution in [2.45, 2.75) is 6.18 Å². The molecule has 2 aromatic rings. The summed E-state index contributed by atoms with van der Waals surface area (Å²) in [6.07, 6.45) is -5.33. The third-order valence-corrected chi connectivity index (χ3v) is 3.37. The van der Waals surface area contributed by atoms with Gasteiger partial charge in [-0.25, -0.2) is 13.6 Å². The van der Waals surface area contributed by atoms with Crippen molar-refractivity contribution in [1.29, 1.82) is 0 Å². The molecule has 0 unspecified atom stereocenters. The summed E-state index contributed by atoms with van der Waals surface area (Å²) in [4.78, 5) is 34.3. The van der Waals surface area contributed by atoms with Crippen molar-refractivity contribution in [3.05, 3.63) is 58.7 Å². The minimum absolute atomic E-state index is 0.216. The Morgan fingerprint density at radius 2 is 1.67 bits per heavy atom. The lowest BCUT2D eigenvalue weighted by molar-refractivity contribution is -0.167. The molecule has 0 spiro atoms. The van der Waals surface area contributed by atoms with E-state index in [0.717, 1.165) is 18.2 Å². The van der Waals surface area contributed by atoms with Crippen LogP contribution in [0.5, 0.6) is 0 Å². The summed E-state index contributed by atoms with van der Waals surface area (Å²) >= 11 is 0. The van der Waals surface area contributed by atoms with Crippen molar-refractivity contribution < 1.29 is 41.4 Å². The third kappa shape index (κ3) is 4.02. The maximum absolute atomic E-state index is 14.4. The van der Waals surface area contributed by atoms with Gasteiger partial charge in [0.1, 0.15) is 5.82 Å². The van der Waals surface area contributed by atoms with Gasteiger partial charge in [-0.15, -0.1) is 0 Å². The van der Waals surface area contributed by atoms with Gasteiger partial charge in [-0.3, -0.25) is 9.59 Å². The minimum atomic E-state index is -5.33. The van der Waals surface area contributed by atoms with E-state index >= 15 is 0 Å². The maximum atomic E-state index is 14.4. The standard InChI is InChI=1S/C16H9F5N2O4/c17-8-2-4-10(23-15(27)16(19,20)21)12(18)11(8)13(24)6-1-3-9(22)7(5-6)14(25)26/h1-5H,22H2,(H,23,27)(H,25,26). The molecule has 6 nitrogen and oxygen atoms in total. The quantitative estimate of drug-likeness (QED) is 0.424. The Kier molecular flexibility index (Phi) is 5.15. The molecule has 0 aromatic heterocycles. The first-order valence-electron chi connectivity index (χ1n) is 6.97. The first kappa shape index (κ1) is 19.8. The van der Waals surface area contributed by atoms with Gasteiger partial charge in [0.15, 0.2) is 11.6 Å². The number of carbonyl (C=O) groups excluding carboxylic acids is 2. The molecule has 142 valence electrons. The Morgan fingerprint density at radius 3 is 2.22 bits per heavy atom. The molecule has 1 amide bonds. The molecule has 0 atom stereocenters. The minimum Gasteiger partial charge on any atom is -0.478 e. The van der Waals surface area contributed by atoms with Gasteiger partial charge in [-0.05, 0) is 30.3 Å². The number of hydrogen-bond donors (Lipinski definition) is 3. The van der Waals surface area contributed by atoms with Crippen molar-refractivity contribution in [2.24, 2.45) is 0 Å². The van der Waals surface area contributed by atoms with E-state index in [2.05, 4.69) is 0 Å². The number of ketones is 1. The SMILES string of the molecule is Nc1ccc(C(=O)c2c(F)ccc(NC(=O)C(F)(F)F)c2F)cc1C(=O)O. The summed E-state index contributed by atoms with van der Waals surface area (Å²) in [5, 5.41) is 10.2. The molecule has 0 saturated carbocycles. The van der Waals surface area contributed by atoms with Crippen LogP contribution in [0.15, 0.2) is 30.3 Å². The number of rotatable bonds is 4. The van der Waals surface area contributed by atoms with Crippen LogP contribution in [0.3, 0.4) is 0 Å². The molecule has 27 heavy (non-hydrogen) atoms. The number of carboxylic acids is 1. The van der Waals surface area contributed by atoms with Gasteiger partial charge in [0.05, 0.1) is 16.8 Å². The van der Waals surface area contributed by atoms with Gasteiger partial charge in [-0.1, -0.05) is 0 Å². The number of aromatic carboxylic acids is 1. The monoisotopic (exact) mass is 388 g/mol. The molecule has 0 saturated heterocycles. The average molecular weight is 388 g/mol. The zero-order chi connectivity index (χ0) is 20.5. The van der Waals surface area contributed by atoms with Crippen LogP contribution >= 0.6 is 0 Å². The highest BCUT2D eigenvalue weighted by molar-refractivity contribution is 6.11. The number of nitrogen functional groups attached to an aromatic ring is 1. The van der Waals surface area contributed by atoms with E-state index in [4.69, 9.17) is 10.8 Å². The normalized spacial score (nSPS) is 11.1. The second-order valence-corrected chi connectivity index (χ2v) is 5.17. The summed E-state index contributed by atoms with van der Waals surface area (Å²) in [5.74, 6) is -8.54.